The van der Waals surface area contributed by atoms with E-state index in [1.807, 2.05) is 6.92 Å². The number of rotatable bonds is 8. The summed E-state index contributed by atoms with van der Waals surface area (Å²) in [4.78, 5) is 25.6. The Labute approximate surface area is 127 Å². The first-order chi connectivity index (χ1) is 10.0. The van der Waals surface area contributed by atoms with Gasteiger partial charge in [-0.3, -0.25) is 4.79 Å². The van der Waals surface area contributed by atoms with E-state index in [0.29, 0.717) is 30.4 Å². The lowest BCUT2D eigenvalue weighted by Crippen LogP contribution is -2.60. The molecule has 2 rings (SSSR count). The molecule has 2 heterocycles. The number of ether oxygens (including phenoxy) is 1. The molecule has 0 radical (unpaired) electrons. The lowest BCUT2D eigenvalue weighted by Gasteiger charge is -2.45. The number of aliphatic hydroxyl groups is 1. The largest absolute Gasteiger partial charge is 0.477 e. The van der Waals surface area contributed by atoms with E-state index < -0.39 is 5.97 Å². The van der Waals surface area contributed by atoms with Gasteiger partial charge in [0.25, 0.3) is 0 Å². The second-order valence-corrected chi connectivity index (χ2v) is 6.05. The molecular weight excluding hydrogens is 296 g/mol. The fraction of sp³-hybridized carbons (Fsp3) is 0.692. The number of amides is 1. The van der Waals surface area contributed by atoms with Gasteiger partial charge in [0, 0.05) is 24.0 Å². The van der Waals surface area contributed by atoms with Crippen molar-refractivity contribution in [2.24, 2.45) is 17.6 Å². The predicted octanol–water partition coefficient (Wildman–Crippen LogP) is -0.192. The van der Waals surface area contributed by atoms with E-state index in [1.165, 1.54) is 16.7 Å². The minimum Gasteiger partial charge on any atom is -0.477 e. The summed E-state index contributed by atoms with van der Waals surface area (Å²) in [6.07, 6.45) is 0.374. The monoisotopic (exact) mass is 316 g/mol. The lowest BCUT2D eigenvalue weighted by atomic mass is 9.80. The zero-order chi connectivity index (χ0) is 15.6. The molecule has 0 aromatic rings. The van der Waals surface area contributed by atoms with E-state index in [2.05, 4.69) is 0 Å². The summed E-state index contributed by atoms with van der Waals surface area (Å²) < 4.78 is 5.28. The molecule has 118 valence electrons. The van der Waals surface area contributed by atoms with Gasteiger partial charge in [-0.2, -0.15) is 0 Å². The zero-order valence-corrected chi connectivity index (χ0v) is 12.6. The van der Waals surface area contributed by atoms with Crippen LogP contribution in [0.1, 0.15) is 13.3 Å². The van der Waals surface area contributed by atoms with E-state index in [9.17, 15) is 14.7 Å². The molecule has 1 amide bonds. The van der Waals surface area contributed by atoms with Crippen molar-refractivity contribution in [1.82, 2.24) is 4.90 Å². The molecule has 7 nitrogen and oxygen atoms in total. The topological polar surface area (TPSA) is 113 Å². The van der Waals surface area contributed by atoms with Crippen LogP contribution in [0.5, 0.6) is 0 Å². The number of carboxylic acids is 1. The number of aliphatic carboxylic acids is 1. The molecule has 8 heteroatoms. The third-order valence-corrected chi connectivity index (χ3v) is 5.03. The van der Waals surface area contributed by atoms with Crippen molar-refractivity contribution in [2.75, 3.05) is 25.7 Å². The predicted molar refractivity (Wildman–Crippen MR) is 77.1 cm³/mol. The van der Waals surface area contributed by atoms with Gasteiger partial charge in [0.05, 0.1) is 24.5 Å². The summed E-state index contributed by atoms with van der Waals surface area (Å²) in [6.45, 7) is 2.66. The van der Waals surface area contributed by atoms with Gasteiger partial charge in [-0.1, -0.05) is 18.7 Å². The van der Waals surface area contributed by atoms with Crippen LogP contribution < -0.4 is 5.73 Å². The molecule has 1 fully saturated rings. The van der Waals surface area contributed by atoms with Crippen LogP contribution in [0.3, 0.4) is 0 Å². The number of aliphatic hydroxyl groups excluding tert-OH is 1. The summed E-state index contributed by atoms with van der Waals surface area (Å²) in [5, 5.41) is 18.4. The molecule has 1 saturated heterocycles. The zero-order valence-electron chi connectivity index (χ0n) is 11.8. The molecule has 0 spiro atoms. The SMILES string of the molecule is C[C@@H]1C(SCOCCN)=C(C(=O)O)N2C(=O)[C@@H](CCO)[C@@H]12. The Morgan fingerprint density at radius 3 is 2.81 bits per heavy atom. The van der Waals surface area contributed by atoms with E-state index in [0.717, 1.165) is 0 Å². The Balaban J connectivity index is 2.14. The molecule has 0 saturated carbocycles. The number of nitrogens with zero attached hydrogens (tertiary/aromatic N) is 1. The number of fused-ring (bicyclic) bond motifs is 1. The second kappa shape index (κ2) is 6.78. The molecular formula is C13H20N2O5S. The number of carbonyl (C=O) groups is 2. The van der Waals surface area contributed by atoms with E-state index >= 15 is 0 Å². The summed E-state index contributed by atoms with van der Waals surface area (Å²) in [6, 6.07) is -0.159. The van der Waals surface area contributed by atoms with Crippen LogP contribution in [-0.4, -0.2) is 58.7 Å². The number of carbonyl (C=O) groups excluding carboxylic acids is 1. The molecule has 2 aliphatic heterocycles. The van der Waals surface area contributed by atoms with Crippen LogP contribution >= 0.6 is 11.8 Å². The fourth-order valence-electron chi connectivity index (χ4n) is 2.98. The van der Waals surface area contributed by atoms with Crippen LogP contribution in [0.2, 0.25) is 0 Å². The molecule has 0 bridgehead atoms. The van der Waals surface area contributed by atoms with E-state index in [-0.39, 0.29) is 36.1 Å². The number of hydrogen-bond acceptors (Lipinski definition) is 6. The molecule has 3 atom stereocenters. The van der Waals surface area contributed by atoms with Gasteiger partial charge in [0.2, 0.25) is 5.91 Å². The van der Waals surface area contributed by atoms with Crippen molar-refractivity contribution in [1.29, 1.82) is 0 Å². The number of β-lactam (4-membered cyclic amide) rings is 1. The van der Waals surface area contributed by atoms with Gasteiger partial charge in [-0.05, 0) is 6.42 Å². The molecule has 0 aliphatic carbocycles. The van der Waals surface area contributed by atoms with Crippen molar-refractivity contribution >= 4 is 23.6 Å². The standard InChI is InChI=1S/C13H20N2O5S/c1-7-9-8(2-4-16)12(17)15(9)10(13(18)19)11(7)21-6-20-5-3-14/h7-9,16H,2-6,14H2,1H3,(H,18,19)/t7-,8-,9+/m0/s1. The molecule has 0 unspecified atom stereocenters. The summed E-state index contributed by atoms with van der Waals surface area (Å²) in [7, 11) is 0. The highest BCUT2D eigenvalue weighted by Gasteiger charge is 2.58. The first-order valence-electron chi connectivity index (χ1n) is 6.86. The Hall–Kier alpha value is -1.09. The summed E-state index contributed by atoms with van der Waals surface area (Å²) >= 11 is 1.30. The van der Waals surface area contributed by atoms with Crippen molar-refractivity contribution in [3.8, 4) is 0 Å². The molecule has 0 aromatic heterocycles. The Morgan fingerprint density at radius 1 is 1.52 bits per heavy atom. The third kappa shape index (κ3) is 2.80. The van der Waals surface area contributed by atoms with Crippen molar-refractivity contribution in [2.45, 2.75) is 19.4 Å². The average molecular weight is 316 g/mol. The quantitative estimate of drug-likeness (QED) is 0.323. The van der Waals surface area contributed by atoms with Crippen LogP contribution in [0.15, 0.2) is 10.6 Å². The first kappa shape index (κ1) is 16.3. The van der Waals surface area contributed by atoms with E-state index in [1.54, 1.807) is 0 Å². The van der Waals surface area contributed by atoms with Crippen LogP contribution in [0.4, 0.5) is 0 Å². The molecule has 2 aliphatic rings. The van der Waals surface area contributed by atoms with Crippen LogP contribution in [-0.2, 0) is 14.3 Å². The van der Waals surface area contributed by atoms with E-state index in [4.69, 9.17) is 15.6 Å². The average Bonchev–Trinajstić information content (AvgIpc) is 2.71. The fourth-order valence-corrected chi connectivity index (χ4v) is 4.03. The van der Waals surface area contributed by atoms with Crippen LogP contribution in [0.25, 0.3) is 0 Å². The number of hydrogen-bond donors (Lipinski definition) is 3. The lowest BCUT2D eigenvalue weighted by molar-refractivity contribution is -0.157. The highest BCUT2D eigenvalue weighted by molar-refractivity contribution is 8.03. The summed E-state index contributed by atoms with van der Waals surface area (Å²) in [5.74, 6) is -1.34. The number of nitrogens with two attached hydrogens (primary N) is 1. The number of thioether (sulfide) groups is 1. The van der Waals surface area contributed by atoms with Crippen molar-refractivity contribution < 1.29 is 24.5 Å². The molecule has 21 heavy (non-hydrogen) atoms. The molecule has 4 N–H and O–H groups in total. The van der Waals surface area contributed by atoms with Gasteiger partial charge < -0.3 is 25.6 Å². The summed E-state index contributed by atoms with van der Waals surface area (Å²) in [5.41, 5.74) is 5.40. The second-order valence-electron chi connectivity index (χ2n) is 5.08. The van der Waals surface area contributed by atoms with Gasteiger partial charge in [0.1, 0.15) is 5.70 Å². The maximum Gasteiger partial charge on any atom is 0.353 e. The van der Waals surface area contributed by atoms with Gasteiger partial charge >= 0.3 is 5.97 Å². The minimum atomic E-state index is -1.10. The molecule has 0 aromatic carbocycles. The van der Waals surface area contributed by atoms with Gasteiger partial charge in [-0.25, -0.2) is 4.79 Å². The highest BCUT2D eigenvalue weighted by atomic mass is 32.2. The number of carboxylic acid groups (broad SMARTS) is 1. The Morgan fingerprint density at radius 2 is 2.24 bits per heavy atom. The van der Waals surface area contributed by atoms with Crippen molar-refractivity contribution in [3.63, 3.8) is 0 Å². The Bertz CT molecular complexity index is 467. The normalized spacial score (nSPS) is 27.9. The maximum atomic E-state index is 12.1. The minimum absolute atomic E-state index is 0.0585. The Kier molecular flexibility index (Phi) is 5.26. The van der Waals surface area contributed by atoms with Crippen molar-refractivity contribution in [3.05, 3.63) is 10.6 Å². The first-order valence-corrected chi connectivity index (χ1v) is 7.85. The van der Waals surface area contributed by atoms with Crippen LogP contribution in [0, 0.1) is 11.8 Å². The highest BCUT2D eigenvalue weighted by Crippen LogP contribution is 2.50. The van der Waals surface area contributed by atoms with Gasteiger partial charge in [0.15, 0.2) is 0 Å². The maximum absolute atomic E-state index is 12.1. The third-order valence-electron chi connectivity index (χ3n) is 3.87. The van der Waals surface area contributed by atoms with Gasteiger partial charge in [-0.15, -0.1) is 0 Å². The smallest absolute Gasteiger partial charge is 0.353 e.